The zero-order valence-electron chi connectivity index (χ0n) is 11.8. The van der Waals surface area contributed by atoms with Crippen molar-refractivity contribution in [3.8, 4) is 0 Å². The maximum atomic E-state index is 11.2. The molecule has 2 aliphatic heterocycles. The van der Waals surface area contributed by atoms with E-state index in [-0.39, 0.29) is 5.54 Å². The zero-order chi connectivity index (χ0) is 14.2. The van der Waals surface area contributed by atoms with E-state index in [2.05, 4.69) is 15.5 Å². The largest absolute Gasteiger partial charge is 0.478 e. The Morgan fingerprint density at radius 1 is 1.35 bits per heavy atom. The predicted molar refractivity (Wildman–Crippen MR) is 78.3 cm³/mol. The van der Waals surface area contributed by atoms with Crippen LogP contribution in [0.3, 0.4) is 0 Å². The highest BCUT2D eigenvalue weighted by atomic mass is 16.4. The molecule has 0 atom stereocenters. The molecule has 2 fully saturated rings. The Labute approximate surface area is 119 Å². The van der Waals surface area contributed by atoms with E-state index in [0.29, 0.717) is 5.56 Å². The van der Waals surface area contributed by atoms with Gasteiger partial charge in [0.2, 0.25) is 0 Å². The lowest BCUT2D eigenvalue weighted by Gasteiger charge is -2.34. The number of anilines is 1. The molecule has 2 saturated heterocycles. The van der Waals surface area contributed by atoms with Gasteiger partial charge in [-0.1, -0.05) is 6.07 Å². The first-order valence-corrected chi connectivity index (χ1v) is 7.15. The van der Waals surface area contributed by atoms with Gasteiger partial charge in [-0.15, -0.1) is 0 Å². The lowest BCUT2D eigenvalue weighted by Crippen LogP contribution is -2.50. The summed E-state index contributed by atoms with van der Waals surface area (Å²) in [6.45, 7) is 5.75. The minimum atomic E-state index is -0.854. The normalized spacial score (nSPS) is 21.4. The van der Waals surface area contributed by atoms with E-state index >= 15 is 0 Å². The number of carboxylic acids is 1. The number of benzene rings is 1. The van der Waals surface area contributed by atoms with Crippen molar-refractivity contribution in [3.63, 3.8) is 0 Å². The maximum absolute atomic E-state index is 11.2. The summed E-state index contributed by atoms with van der Waals surface area (Å²) in [4.78, 5) is 13.5. The number of carboxylic acid groups (broad SMARTS) is 1. The molecule has 20 heavy (non-hydrogen) atoms. The zero-order valence-corrected chi connectivity index (χ0v) is 11.8. The Bertz CT molecular complexity index is 524. The fraction of sp³-hybridized carbons (Fsp3) is 0.533. The minimum absolute atomic E-state index is 0.191. The van der Waals surface area contributed by atoms with Crippen LogP contribution in [-0.2, 0) is 0 Å². The average molecular weight is 275 g/mol. The van der Waals surface area contributed by atoms with Crippen LogP contribution in [0, 0.1) is 6.92 Å². The van der Waals surface area contributed by atoms with Crippen molar-refractivity contribution < 1.29 is 9.90 Å². The first-order valence-electron chi connectivity index (χ1n) is 7.15. The number of hydrogen-bond donors (Lipinski definition) is 3. The van der Waals surface area contributed by atoms with Gasteiger partial charge in [0, 0.05) is 17.8 Å². The molecule has 2 aliphatic rings. The van der Waals surface area contributed by atoms with Crippen molar-refractivity contribution in [1.82, 2.24) is 10.6 Å². The van der Waals surface area contributed by atoms with Gasteiger partial charge in [0.1, 0.15) is 0 Å². The van der Waals surface area contributed by atoms with Crippen LogP contribution in [-0.4, -0.2) is 42.9 Å². The first-order chi connectivity index (χ1) is 9.61. The third kappa shape index (κ3) is 2.27. The summed E-state index contributed by atoms with van der Waals surface area (Å²) in [6.07, 6.45) is 2.25. The molecule has 0 radical (unpaired) electrons. The van der Waals surface area contributed by atoms with Crippen LogP contribution < -0.4 is 15.5 Å². The average Bonchev–Trinajstić information content (AvgIpc) is 2.83. The fourth-order valence-electron chi connectivity index (χ4n) is 3.35. The van der Waals surface area contributed by atoms with Crippen molar-refractivity contribution in [2.75, 3.05) is 31.2 Å². The van der Waals surface area contributed by atoms with E-state index < -0.39 is 5.97 Å². The van der Waals surface area contributed by atoms with Crippen LogP contribution in [0.4, 0.5) is 5.69 Å². The second-order valence-electron chi connectivity index (χ2n) is 5.82. The molecule has 0 aromatic heterocycles. The van der Waals surface area contributed by atoms with Gasteiger partial charge >= 0.3 is 5.97 Å². The van der Waals surface area contributed by atoms with E-state index in [4.69, 9.17) is 0 Å². The van der Waals surface area contributed by atoms with Gasteiger partial charge in [-0.25, -0.2) is 4.79 Å². The van der Waals surface area contributed by atoms with Crippen LogP contribution in [0.1, 0.15) is 28.8 Å². The molecule has 0 bridgehead atoms. The van der Waals surface area contributed by atoms with E-state index in [0.717, 1.165) is 50.4 Å². The topological polar surface area (TPSA) is 64.6 Å². The third-order valence-corrected chi connectivity index (χ3v) is 4.58. The van der Waals surface area contributed by atoms with Crippen molar-refractivity contribution in [2.45, 2.75) is 25.3 Å². The van der Waals surface area contributed by atoms with Crippen LogP contribution in [0.5, 0.6) is 0 Å². The SMILES string of the molecule is Cc1c(C(=O)O)cccc1N1CNC2(CCNCC2)C1. The van der Waals surface area contributed by atoms with Gasteiger partial charge < -0.3 is 15.3 Å². The predicted octanol–water partition coefficient (Wildman–Crippen LogP) is 1.18. The second kappa shape index (κ2) is 5.07. The Hall–Kier alpha value is -1.59. The van der Waals surface area contributed by atoms with E-state index in [9.17, 15) is 9.90 Å². The van der Waals surface area contributed by atoms with Gasteiger partial charge in [-0.05, 0) is 50.6 Å². The summed E-state index contributed by atoms with van der Waals surface area (Å²) in [5, 5.41) is 16.3. The van der Waals surface area contributed by atoms with Crippen molar-refractivity contribution in [2.24, 2.45) is 0 Å². The Kier molecular flexibility index (Phi) is 3.40. The summed E-state index contributed by atoms with van der Waals surface area (Å²) in [7, 11) is 0. The highest BCUT2D eigenvalue weighted by Gasteiger charge is 2.38. The van der Waals surface area contributed by atoms with Crippen molar-refractivity contribution in [3.05, 3.63) is 29.3 Å². The first kappa shape index (κ1) is 13.4. The minimum Gasteiger partial charge on any atom is -0.478 e. The smallest absolute Gasteiger partial charge is 0.336 e. The molecule has 3 rings (SSSR count). The number of rotatable bonds is 2. The molecule has 3 N–H and O–H groups in total. The lowest BCUT2D eigenvalue weighted by molar-refractivity contribution is 0.0696. The summed E-state index contributed by atoms with van der Waals surface area (Å²) < 4.78 is 0. The molecule has 5 heteroatoms. The van der Waals surface area contributed by atoms with Crippen LogP contribution in [0.15, 0.2) is 18.2 Å². The second-order valence-corrected chi connectivity index (χ2v) is 5.82. The number of aromatic carboxylic acids is 1. The summed E-state index contributed by atoms with van der Waals surface area (Å²) in [5.74, 6) is -0.854. The summed E-state index contributed by atoms with van der Waals surface area (Å²) in [5.41, 5.74) is 2.48. The van der Waals surface area contributed by atoms with Crippen LogP contribution in [0.2, 0.25) is 0 Å². The molecular weight excluding hydrogens is 254 g/mol. The lowest BCUT2D eigenvalue weighted by atomic mass is 9.89. The van der Waals surface area contributed by atoms with Gasteiger partial charge in [0.25, 0.3) is 0 Å². The molecule has 2 heterocycles. The maximum Gasteiger partial charge on any atom is 0.336 e. The van der Waals surface area contributed by atoms with Crippen molar-refractivity contribution in [1.29, 1.82) is 0 Å². The number of piperidine rings is 1. The number of nitrogens with one attached hydrogen (secondary N) is 2. The van der Waals surface area contributed by atoms with Crippen LogP contribution >= 0.6 is 0 Å². The summed E-state index contributed by atoms with van der Waals surface area (Å²) in [6, 6.07) is 5.52. The molecule has 5 nitrogen and oxygen atoms in total. The van der Waals surface area contributed by atoms with Gasteiger partial charge in [-0.2, -0.15) is 0 Å². The Balaban J connectivity index is 1.84. The Morgan fingerprint density at radius 3 is 2.80 bits per heavy atom. The fourth-order valence-corrected chi connectivity index (χ4v) is 3.35. The number of hydrogen-bond acceptors (Lipinski definition) is 4. The van der Waals surface area contributed by atoms with E-state index in [1.165, 1.54) is 0 Å². The van der Waals surface area contributed by atoms with E-state index in [1.54, 1.807) is 6.07 Å². The van der Waals surface area contributed by atoms with Gasteiger partial charge in [0.15, 0.2) is 0 Å². The molecule has 108 valence electrons. The molecule has 0 aliphatic carbocycles. The molecule has 0 unspecified atom stereocenters. The van der Waals surface area contributed by atoms with E-state index in [1.807, 2.05) is 19.1 Å². The molecule has 0 saturated carbocycles. The monoisotopic (exact) mass is 275 g/mol. The summed E-state index contributed by atoms with van der Waals surface area (Å²) >= 11 is 0. The van der Waals surface area contributed by atoms with Crippen molar-refractivity contribution >= 4 is 11.7 Å². The number of carbonyl (C=O) groups is 1. The van der Waals surface area contributed by atoms with Gasteiger partial charge in [0.05, 0.1) is 12.2 Å². The molecule has 1 aromatic carbocycles. The molecule has 1 aromatic rings. The number of nitrogens with zero attached hydrogens (tertiary/aromatic N) is 1. The van der Waals surface area contributed by atoms with Crippen LogP contribution in [0.25, 0.3) is 0 Å². The molecular formula is C15H21N3O2. The quantitative estimate of drug-likeness (QED) is 0.756. The molecule has 0 amide bonds. The molecule has 1 spiro atoms. The highest BCUT2D eigenvalue weighted by Crippen LogP contribution is 2.30. The third-order valence-electron chi connectivity index (χ3n) is 4.58. The standard InChI is InChI=1S/C15H21N3O2/c1-11-12(14(19)20)3-2-4-13(11)18-9-15(17-10-18)5-7-16-8-6-15/h2-4,16-17H,5-10H2,1H3,(H,19,20). The van der Waals surface area contributed by atoms with Gasteiger partial charge in [-0.3, -0.25) is 5.32 Å². The highest BCUT2D eigenvalue weighted by molar-refractivity contribution is 5.91. The Morgan fingerprint density at radius 2 is 2.10 bits per heavy atom.